The molecule has 2 aromatic heterocycles. The second kappa shape index (κ2) is 28.8. The van der Waals surface area contributed by atoms with Crippen LogP contribution in [-0.4, -0.2) is 150 Å². The zero-order valence-electron chi connectivity index (χ0n) is 55.2. The summed E-state index contributed by atoms with van der Waals surface area (Å²) in [4.78, 5) is 109. The number of piperidine rings is 1. The number of pyridine rings is 2. The second-order valence-corrected chi connectivity index (χ2v) is 28.9. The van der Waals surface area contributed by atoms with Crippen molar-refractivity contribution in [2.75, 3.05) is 47.4 Å². The second-order valence-electron chi connectivity index (χ2n) is 28.9. The van der Waals surface area contributed by atoms with Gasteiger partial charge in [-0.25, -0.2) is 14.6 Å². The number of fused-ring (bicyclic) bond motifs is 10. The fourth-order valence-electron chi connectivity index (χ4n) is 16.3. The number of benzene rings is 2. The minimum Gasteiger partial charge on any atom is -0.489 e. The standard InChI is InChI=1S/C40H55N3O7.C34H40N2O7/c1-40(18-10-5-11-19-40)31-24-35(44)50-34-22-26(34)12-6-4-7-14-30-36(48-27-16-20-42(2)21-17-27)29-13-8-9-15-32(29)41-37(30)49-28-23-33(39(46)47-3)43(25-28)38(31)45;1-34(15-9-4-10-16-34)25-19-29(37)43-28-17-21(28)11-5-3-6-13-24-30(38)23-12-7-8-14-26(23)35-31(24)42-22-18-27(33(40)41-2)36(20-22)32(25)39/h8-9,13,15,26-28,31,33-34H,4-7,10-12,14,16-25H2,1-3H3;7-8,12,14,21-22,25,27-28H,3-5,9-11,15-20H2,1-2H3,(H,35,38)/t26-,28-,31-,33+,34-;21-,22-,25-,27+,28-/m11/s1. The van der Waals surface area contributed by atoms with Gasteiger partial charge in [0.05, 0.1) is 68.6 Å². The lowest BCUT2D eigenvalue weighted by atomic mass is 9.65. The third-order valence-corrected chi connectivity index (χ3v) is 22.2. The first kappa shape index (κ1) is 65.8. The number of amides is 2. The zero-order valence-corrected chi connectivity index (χ0v) is 55.2. The lowest BCUT2D eigenvalue weighted by Crippen LogP contribution is -2.49. The molecule has 7 fully saturated rings. The number of ether oxygens (including phenoxy) is 7. The molecule has 7 heterocycles. The van der Waals surface area contributed by atoms with Crippen LogP contribution in [0.3, 0.4) is 0 Å². The molecule has 0 unspecified atom stereocenters. The molecule has 93 heavy (non-hydrogen) atoms. The maximum absolute atomic E-state index is 14.7. The first-order valence-electron chi connectivity index (χ1n) is 34.9. The number of H-pyrrole nitrogens is 1. The van der Waals surface area contributed by atoms with E-state index in [-0.39, 0.29) is 114 Å². The molecule has 10 atom stereocenters. The summed E-state index contributed by atoms with van der Waals surface area (Å²) < 4.78 is 42.3. The van der Waals surface area contributed by atoms with Gasteiger partial charge in [0, 0.05) is 43.1 Å². The summed E-state index contributed by atoms with van der Waals surface area (Å²) >= 11 is 0. The number of likely N-dealkylation sites (tertiary alicyclic amines) is 1. The van der Waals surface area contributed by atoms with Crippen LogP contribution >= 0.6 is 0 Å². The highest BCUT2D eigenvalue weighted by Crippen LogP contribution is 2.49. The Bertz CT molecular complexity index is 3540. The van der Waals surface area contributed by atoms with Crippen LogP contribution in [0.15, 0.2) is 53.3 Å². The number of aromatic amines is 1. The van der Waals surface area contributed by atoms with Gasteiger partial charge < -0.3 is 52.8 Å². The lowest BCUT2D eigenvalue weighted by Gasteiger charge is -2.41. The van der Waals surface area contributed by atoms with Gasteiger partial charge in [-0.05, 0) is 137 Å². The highest BCUT2D eigenvalue weighted by atomic mass is 16.6. The number of aromatic nitrogens is 2. The molecule has 5 aliphatic heterocycles. The van der Waals surface area contributed by atoms with Crippen LogP contribution in [0.25, 0.3) is 21.8 Å². The highest BCUT2D eigenvalue weighted by molar-refractivity contribution is 5.91. The van der Waals surface area contributed by atoms with E-state index in [2.05, 4.69) is 48.7 Å². The van der Waals surface area contributed by atoms with E-state index in [1.807, 2.05) is 36.4 Å². The molecular weight excluding hydrogens is 1180 g/mol. The zero-order chi connectivity index (χ0) is 65.0. The number of carbonyl (C=O) groups is 6. The van der Waals surface area contributed by atoms with Crippen molar-refractivity contribution in [1.82, 2.24) is 24.7 Å². The van der Waals surface area contributed by atoms with E-state index in [9.17, 15) is 33.6 Å². The Balaban J connectivity index is 0.000000181. The minimum atomic E-state index is -0.871. The van der Waals surface area contributed by atoms with Crippen molar-refractivity contribution in [3.05, 3.63) is 69.9 Å². The summed E-state index contributed by atoms with van der Waals surface area (Å²) in [7, 11) is 4.82. The van der Waals surface area contributed by atoms with Gasteiger partial charge in [0.15, 0.2) is 0 Å². The summed E-state index contributed by atoms with van der Waals surface area (Å²) in [6, 6.07) is 13.6. The van der Waals surface area contributed by atoms with Crippen LogP contribution in [0, 0.1) is 46.3 Å². The molecule has 2 aromatic carbocycles. The molecule has 2 amide bonds. The van der Waals surface area contributed by atoms with Crippen molar-refractivity contribution in [3.8, 4) is 29.4 Å². The van der Waals surface area contributed by atoms with E-state index in [1.165, 1.54) is 19.1 Å². The smallest absolute Gasteiger partial charge is 0.328 e. The largest absolute Gasteiger partial charge is 0.489 e. The summed E-state index contributed by atoms with van der Waals surface area (Å²) in [5.74, 6) is 5.19. The SMILES string of the molecule is COC(=O)[C@@H]1C[C@@H]2CN1C(=O)[C@H](C1(C)CCCCC1)CC(=O)O[C@@H]1C[C@H]1CCCC#Cc1c([nH]c3ccccc3c1=O)O2.COC(=O)[C@@H]1C[C@@H]2CN1C(=O)[C@H](C1(C)CCCCC1)CC(=O)O[C@@H]1C[C@H]1CCCCCc1c(nc3ccccc3c1OC1CCN(C)CC1)O2. The van der Waals surface area contributed by atoms with Gasteiger partial charge in [-0.15, -0.1) is 0 Å². The number of nitrogens with one attached hydrogen (secondary N) is 1. The Morgan fingerprint density at radius 3 is 1.75 bits per heavy atom. The molecule has 19 heteroatoms. The maximum Gasteiger partial charge on any atom is 0.328 e. The molecule has 9 aliphatic rings. The van der Waals surface area contributed by atoms with Crippen molar-refractivity contribution in [2.45, 2.75) is 223 Å². The average molecular weight is 1280 g/mol. The highest BCUT2D eigenvalue weighted by Gasteiger charge is 2.52. The molecule has 19 nitrogen and oxygen atoms in total. The fraction of sp³-hybridized carbons (Fsp3) is 0.649. The quantitative estimate of drug-likeness (QED) is 0.108. The van der Waals surface area contributed by atoms with Crippen LogP contribution in [0.4, 0.5) is 0 Å². The number of nitrogens with zero attached hydrogens (tertiary/aromatic N) is 4. The van der Waals surface area contributed by atoms with Gasteiger partial charge in [0.2, 0.25) is 29.0 Å². The molecule has 0 radical (unpaired) electrons. The van der Waals surface area contributed by atoms with Crippen LogP contribution < -0.4 is 19.6 Å². The molecule has 4 bridgehead atoms. The van der Waals surface area contributed by atoms with Gasteiger partial charge in [-0.2, -0.15) is 0 Å². The van der Waals surface area contributed by atoms with E-state index in [0.717, 1.165) is 170 Å². The summed E-state index contributed by atoms with van der Waals surface area (Å²) in [6.07, 6.45) is 19.7. The molecule has 500 valence electrons. The van der Waals surface area contributed by atoms with Crippen molar-refractivity contribution in [3.63, 3.8) is 0 Å². The average Bonchev–Trinajstić information content (AvgIpc) is 1.47. The van der Waals surface area contributed by atoms with Crippen molar-refractivity contribution in [2.24, 2.45) is 34.5 Å². The molecule has 4 aromatic rings. The van der Waals surface area contributed by atoms with Crippen LogP contribution in [-0.2, 0) is 54.1 Å². The van der Waals surface area contributed by atoms with Crippen LogP contribution in [0.5, 0.6) is 17.5 Å². The van der Waals surface area contributed by atoms with Crippen LogP contribution in [0.2, 0.25) is 0 Å². The number of para-hydroxylation sites is 2. The Labute approximate surface area is 546 Å². The van der Waals surface area contributed by atoms with Gasteiger partial charge in [-0.1, -0.05) is 101 Å². The number of methoxy groups -OCH3 is 2. The number of hydrogen-bond acceptors (Lipinski definition) is 16. The molecule has 4 aliphatic carbocycles. The topological polar surface area (TPSA) is 222 Å². The van der Waals surface area contributed by atoms with Gasteiger partial charge >= 0.3 is 23.9 Å². The number of hydrogen-bond donors (Lipinski definition) is 1. The summed E-state index contributed by atoms with van der Waals surface area (Å²) in [6.45, 7) is 6.55. The predicted molar refractivity (Wildman–Crippen MR) is 348 cm³/mol. The summed E-state index contributed by atoms with van der Waals surface area (Å²) in [5.41, 5.74) is 1.67. The molecule has 1 N–H and O–H groups in total. The molecule has 4 saturated carbocycles. The van der Waals surface area contributed by atoms with Gasteiger partial charge in [0.25, 0.3) is 0 Å². The van der Waals surface area contributed by atoms with E-state index in [4.69, 9.17) is 38.1 Å². The first-order valence-corrected chi connectivity index (χ1v) is 34.9. The van der Waals surface area contributed by atoms with E-state index in [0.29, 0.717) is 29.1 Å². The van der Waals surface area contributed by atoms with E-state index < -0.39 is 48.1 Å². The number of esters is 4. The minimum absolute atomic E-state index is 0.0118. The maximum atomic E-state index is 14.7. The molecule has 0 spiro atoms. The number of carbonyl (C=O) groups excluding carboxylic acids is 6. The Morgan fingerprint density at radius 2 is 1.16 bits per heavy atom. The monoisotopic (exact) mass is 1280 g/mol. The lowest BCUT2D eigenvalue weighted by molar-refractivity contribution is -0.159. The van der Waals surface area contributed by atoms with Crippen molar-refractivity contribution >= 4 is 57.5 Å². The van der Waals surface area contributed by atoms with Crippen LogP contribution in [0.1, 0.15) is 185 Å². The molecular formula is C74H95N5O14. The molecule has 13 rings (SSSR count). The number of rotatable bonds is 6. The predicted octanol–water partition coefficient (Wildman–Crippen LogP) is 10.7. The Morgan fingerprint density at radius 1 is 0.624 bits per heavy atom. The molecule has 3 saturated heterocycles. The van der Waals surface area contributed by atoms with E-state index >= 15 is 0 Å². The van der Waals surface area contributed by atoms with E-state index in [1.54, 1.807) is 11.0 Å². The Hall–Kier alpha value is -7.20. The third kappa shape index (κ3) is 15.0. The van der Waals surface area contributed by atoms with Crippen molar-refractivity contribution in [1.29, 1.82) is 0 Å². The van der Waals surface area contributed by atoms with Gasteiger partial charge in [-0.3, -0.25) is 24.0 Å². The normalized spacial score (nSPS) is 29.5. The summed E-state index contributed by atoms with van der Waals surface area (Å²) in [5, 5.41) is 1.50. The first-order chi connectivity index (χ1) is 45.0. The third-order valence-electron chi connectivity index (χ3n) is 22.2. The fourth-order valence-corrected chi connectivity index (χ4v) is 16.3. The van der Waals surface area contributed by atoms with Gasteiger partial charge in [0.1, 0.15) is 53.9 Å². The van der Waals surface area contributed by atoms with Crippen molar-refractivity contribution < 1.29 is 61.9 Å². The Kier molecular flexibility index (Phi) is 20.4.